The van der Waals surface area contributed by atoms with Crippen LogP contribution < -0.4 is 10.6 Å². The lowest BCUT2D eigenvalue weighted by Crippen LogP contribution is -2.40. The standard InChI is InChI=1S/C11H13N5O2/c12-7-9-10(16(17)18)1-2-11(14-9)15-5-3-8(13)4-6-15/h1-2,8H,3-6,13H2. The summed E-state index contributed by atoms with van der Waals surface area (Å²) in [5.41, 5.74) is 5.41. The monoisotopic (exact) mass is 247 g/mol. The van der Waals surface area contributed by atoms with Crippen LogP contribution in [0.4, 0.5) is 11.5 Å². The van der Waals surface area contributed by atoms with E-state index in [0.717, 1.165) is 25.9 Å². The normalized spacial score (nSPS) is 16.3. The van der Waals surface area contributed by atoms with Crippen molar-refractivity contribution in [2.45, 2.75) is 18.9 Å². The molecule has 0 saturated carbocycles. The Bertz CT molecular complexity index is 503. The van der Waals surface area contributed by atoms with E-state index in [0.29, 0.717) is 5.82 Å². The number of piperidine rings is 1. The molecule has 7 nitrogen and oxygen atoms in total. The van der Waals surface area contributed by atoms with E-state index in [1.165, 1.54) is 6.07 Å². The largest absolute Gasteiger partial charge is 0.356 e. The average molecular weight is 247 g/mol. The summed E-state index contributed by atoms with van der Waals surface area (Å²) in [5, 5.41) is 19.6. The number of pyridine rings is 1. The molecule has 1 aromatic rings. The van der Waals surface area contributed by atoms with E-state index in [2.05, 4.69) is 4.98 Å². The number of hydrogen-bond donors (Lipinski definition) is 1. The number of nitrogens with zero attached hydrogens (tertiary/aromatic N) is 4. The zero-order valence-corrected chi connectivity index (χ0v) is 9.74. The average Bonchev–Trinajstić information content (AvgIpc) is 2.38. The second-order valence-electron chi connectivity index (χ2n) is 4.23. The Hall–Kier alpha value is -2.20. The van der Waals surface area contributed by atoms with Gasteiger partial charge in [0.25, 0.3) is 0 Å². The van der Waals surface area contributed by atoms with E-state index in [4.69, 9.17) is 11.0 Å². The first-order chi connectivity index (χ1) is 8.61. The van der Waals surface area contributed by atoms with E-state index in [1.54, 1.807) is 12.1 Å². The molecule has 94 valence electrons. The highest BCUT2D eigenvalue weighted by Gasteiger charge is 2.21. The van der Waals surface area contributed by atoms with Crippen LogP contribution in [0, 0.1) is 21.4 Å². The van der Waals surface area contributed by atoms with Gasteiger partial charge in [-0.05, 0) is 18.9 Å². The number of rotatable bonds is 2. The molecule has 7 heteroatoms. The van der Waals surface area contributed by atoms with Gasteiger partial charge in [0.1, 0.15) is 11.9 Å². The highest BCUT2D eigenvalue weighted by molar-refractivity contribution is 5.51. The Morgan fingerprint density at radius 2 is 2.17 bits per heavy atom. The van der Waals surface area contributed by atoms with Crippen molar-refractivity contribution in [2.75, 3.05) is 18.0 Å². The van der Waals surface area contributed by atoms with Crippen molar-refractivity contribution in [1.29, 1.82) is 5.26 Å². The summed E-state index contributed by atoms with van der Waals surface area (Å²) in [5.74, 6) is 0.601. The summed E-state index contributed by atoms with van der Waals surface area (Å²) >= 11 is 0. The maximum atomic E-state index is 10.7. The van der Waals surface area contributed by atoms with Crippen LogP contribution in [-0.2, 0) is 0 Å². The van der Waals surface area contributed by atoms with E-state index < -0.39 is 4.92 Å². The summed E-state index contributed by atoms with van der Waals surface area (Å²) in [6.45, 7) is 1.52. The zero-order chi connectivity index (χ0) is 13.1. The van der Waals surface area contributed by atoms with Crippen LogP contribution in [0.1, 0.15) is 18.5 Å². The zero-order valence-electron chi connectivity index (χ0n) is 9.74. The Morgan fingerprint density at radius 3 is 2.72 bits per heavy atom. The number of nitrogens with two attached hydrogens (primary N) is 1. The van der Waals surface area contributed by atoms with Crippen LogP contribution in [0.25, 0.3) is 0 Å². The molecular weight excluding hydrogens is 234 g/mol. The lowest BCUT2D eigenvalue weighted by Gasteiger charge is -2.30. The number of aromatic nitrogens is 1. The Balaban J connectivity index is 2.25. The van der Waals surface area contributed by atoms with Crippen LogP contribution >= 0.6 is 0 Å². The van der Waals surface area contributed by atoms with Gasteiger partial charge in [0, 0.05) is 25.2 Å². The van der Waals surface area contributed by atoms with Gasteiger partial charge in [0.05, 0.1) is 4.92 Å². The molecule has 1 aliphatic heterocycles. The number of anilines is 1. The highest BCUT2D eigenvalue weighted by Crippen LogP contribution is 2.22. The molecule has 0 radical (unpaired) electrons. The molecule has 2 N–H and O–H groups in total. The number of nitro groups is 1. The predicted molar refractivity (Wildman–Crippen MR) is 65.0 cm³/mol. The molecule has 1 saturated heterocycles. The second kappa shape index (κ2) is 4.98. The van der Waals surface area contributed by atoms with Gasteiger partial charge in [-0.25, -0.2) is 4.98 Å². The van der Waals surface area contributed by atoms with E-state index in [-0.39, 0.29) is 17.4 Å². The lowest BCUT2D eigenvalue weighted by atomic mass is 10.1. The van der Waals surface area contributed by atoms with Crippen molar-refractivity contribution in [3.05, 3.63) is 27.9 Å². The van der Waals surface area contributed by atoms with Crippen molar-refractivity contribution in [3.8, 4) is 6.07 Å². The third-order valence-electron chi connectivity index (χ3n) is 3.03. The Labute approximate surface area is 104 Å². The van der Waals surface area contributed by atoms with Crippen molar-refractivity contribution in [2.24, 2.45) is 5.73 Å². The molecule has 1 fully saturated rings. The molecule has 0 unspecified atom stereocenters. The fourth-order valence-electron chi connectivity index (χ4n) is 1.98. The Kier molecular flexibility index (Phi) is 3.39. The van der Waals surface area contributed by atoms with Crippen LogP contribution in [-0.4, -0.2) is 29.0 Å². The summed E-state index contributed by atoms with van der Waals surface area (Å²) in [7, 11) is 0. The fourth-order valence-corrected chi connectivity index (χ4v) is 1.98. The first-order valence-corrected chi connectivity index (χ1v) is 5.68. The van der Waals surface area contributed by atoms with Gasteiger partial charge in [-0.1, -0.05) is 0 Å². The summed E-state index contributed by atoms with van der Waals surface area (Å²) in [4.78, 5) is 16.1. The van der Waals surface area contributed by atoms with E-state index in [9.17, 15) is 10.1 Å². The molecule has 1 aromatic heterocycles. The van der Waals surface area contributed by atoms with E-state index in [1.807, 2.05) is 4.90 Å². The van der Waals surface area contributed by atoms with Crippen LogP contribution in [0.15, 0.2) is 12.1 Å². The summed E-state index contributed by atoms with van der Waals surface area (Å²) in [6.07, 6.45) is 1.72. The van der Waals surface area contributed by atoms with Gasteiger partial charge < -0.3 is 10.6 Å². The second-order valence-corrected chi connectivity index (χ2v) is 4.23. The molecule has 0 aromatic carbocycles. The Morgan fingerprint density at radius 1 is 1.50 bits per heavy atom. The van der Waals surface area contributed by atoms with Gasteiger partial charge in [0.2, 0.25) is 5.69 Å². The topological polar surface area (TPSA) is 109 Å². The number of nitriles is 1. The smallest absolute Gasteiger partial charge is 0.305 e. The third kappa shape index (κ3) is 2.38. The first-order valence-electron chi connectivity index (χ1n) is 5.68. The number of hydrogen-bond acceptors (Lipinski definition) is 6. The maximum Gasteiger partial charge on any atom is 0.305 e. The van der Waals surface area contributed by atoms with Gasteiger partial charge in [0.15, 0.2) is 0 Å². The molecule has 0 atom stereocenters. The molecule has 0 aliphatic carbocycles. The molecule has 0 bridgehead atoms. The molecule has 0 spiro atoms. The van der Waals surface area contributed by atoms with Gasteiger partial charge >= 0.3 is 5.69 Å². The van der Waals surface area contributed by atoms with Gasteiger partial charge in [-0.3, -0.25) is 10.1 Å². The van der Waals surface area contributed by atoms with Crippen LogP contribution in [0.2, 0.25) is 0 Å². The fraction of sp³-hybridized carbons (Fsp3) is 0.455. The van der Waals surface area contributed by atoms with E-state index >= 15 is 0 Å². The van der Waals surface area contributed by atoms with Crippen molar-refractivity contribution < 1.29 is 4.92 Å². The summed E-state index contributed by atoms with van der Waals surface area (Å²) < 4.78 is 0. The third-order valence-corrected chi connectivity index (χ3v) is 3.03. The SMILES string of the molecule is N#Cc1nc(N2CCC(N)CC2)ccc1[N+](=O)[O-]. The van der Waals surface area contributed by atoms with Crippen molar-refractivity contribution >= 4 is 11.5 Å². The minimum absolute atomic E-state index is 0.146. The molecule has 2 heterocycles. The van der Waals surface area contributed by atoms with Gasteiger partial charge in [-0.2, -0.15) is 5.26 Å². The van der Waals surface area contributed by atoms with Gasteiger partial charge in [-0.15, -0.1) is 0 Å². The predicted octanol–water partition coefficient (Wildman–Crippen LogP) is 0.789. The van der Waals surface area contributed by atoms with Crippen LogP contribution in [0.5, 0.6) is 0 Å². The summed E-state index contributed by atoms with van der Waals surface area (Å²) in [6, 6.07) is 4.87. The van der Waals surface area contributed by atoms with Crippen LogP contribution in [0.3, 0.4) is 0 Å². The lowest BCUT2D eigenvalue weighted by molar-refractivity contribution is -0.385. The first kappa shape index (κ1) is 12.3. The maximum absolute atomic E-state index is 10.7. The van der Waals surface area contributed by atoms with Crippen molar-refractivity contribution in [1.82, 2.24) is 4.98 Å². The molecule has 1 aliphatic rings. The molecular formula is C11H13N5O2. The highest BCUT2D eigenvalue weighted by atomic mass is 16.6. The quantitative estimate of drug-likeness (QED) is 0.611. The van der Waals surface area contributed by atoms with Crippen molar-refractivity contribution in [3.63, 3.8) is 0 Å². The molecule has 2 rings (SSSR count). The molecule has 18 heavy (non-hydrogen) atoms. The minimum Gasteiger partial charge on any atom is -0.356 e. The molecule has 0 amide bonds. The minimum atomic E-state index is -0.596.